The molecule has 3 heteroatoms. The van der Waals surface area contributed by atoms with E-state index in [1.807, 2.05) is 18.2 Å². The average Bonchev–Trinajstić information content (AvgIpc) is 2.25. The Balaban J connectivity index is 3.17. The van der Waals surface area contributed by atoms with Crippen molar-refractivity contribution in [2.24, 2.45) is 5.92 Å². The zero-order valence-corrected chi connectivity index (χ0v) is 11.8. The Bertz CT molecular complexity index is 363. The van der Waals surface area contributed by atoms with E-state index >= 15 is 0 Å². The Kier molecular flexibility index (Phi) is 5.29. The summed E-state index contributed by atoms with van der Waals surface area (Å²) >= 11 is 6.28. The number of anilines is 1. The van der Waals surface area contributed by atoms with E-state index in [0.717, 1.165) is 17.8 Å². The first-order valence-electron chi connectivity index (χ1n) is 6.12. The minimum Gasteiger partial charge on any atom is -0.392 e. The van der Waals surface area contributed by atoms with Gasteiger partial charge < -0.3 is 10.0 Å². The molecule has 0 radical (unpaired) electrons. The Morgan fingerprint density at radius 2 is 1.88 bits per heavy atom. The summed E-state index contributed by atoms with van der Waals surface area (Å²) in [6, 6.07) is 6.05. The van der Waals surface area contributed by atoms with Crippen LogP contribution in [0.2, 0.25) is 5.02 Å². The number of aliphatic hydroxyl groups is 1. The van der Waals surface area contributed by atoms with Gasteiger partial charge in [0.05, 0.1) is 17.3 Å². The van der Waals surface area contributed by atoms with E-state index in [-0.39, 0.29) is 6.61 Å². The predicted octanol–water partition coefficient (Wildman–Crippen LogP) is 3.70. The molecule has 0 aliphatic carbocycles. The molecule has 0 saturated heterocycles. The van der Waals surface area contributed by atoms with Gasteiger partial charge in [0.15, 0.2) is 0 Å². The van der Waals surface area contributed by atoms with Crippen LogP contribution in [-0.2, 0) is 6.61 Å². The number of benzene rings is 1. The summed E-state index contributed by atoms with van der Waals surface area (Å²) in [4.78, 5) is 2.26. The van der Waals surface area contributed by atoms with Crippen LogP contribution >= 0.6 is 11.6 Å². The fourth-order valence-corrected chi connectivity index (χ4v) is 2.27. The molecule has 0 aliphatic heterocycles. The molecule has 17 heavy (non-hydrogen) atoms. The Morgan fingerprint density at radius 3 is 2.35 bits per heavy atom. The van der Waals surface area contributed by atoms with Crippen LogP contribution in [0, 0.1) is 5.92 Å². The molecule has 0 aliphatic rings. The molecule has 96 valence electrons. The molecule has 0 heterocycles. The Morgan fingerprint density at radius 1 is 1.24 bits per heavy atom. The highest BCUT2D eigenvalue weighted by atomic mass is 35.5. The standard InChI is InChI=1S/C14H22ClNO/c1-10(2)8-16(11(3)4)14-12(9-17)6-5-7-13(14)15/h5-7,10-11,17H,8-9H2,1-4H3. The van der Waals surface area contributed by atoms with Gasteiger partial charge in [0.2, 0.25) is 0 Å². The summed E-state index contributed by atoms with van der Waals surface area (Å²) in [5.41, 5.74) is 1.87. The first-order chi connectivity index (χ1) is 7.97. The molecular formula is C14H22ClNO. The van der Waals surface area contributed by atoms with Gasteiger partial charge in [0.25, 0.3) is 0 Å². The second-order valence-corrected chi connectivity index (χ2v) is 5.45. The fourth-order valence-electron chi connectivity index (χ4n) is 1.96. The van der Waals surface area contributed by atoms with Crippen molar-refractivity contribution in [1.82, 2.24) is 0 Å². The molecule has 2 nitrogen and oxygen atoms in total. The maximum atomic E-state index is 9.42. The smallest absolute Gasteiger partial charge is 0.0702 e. The lowest BCUT2D eigenvalue weighted by atomic mass is 10.1. The van der Waals surface area contributed by atoms with Gasteiger partial charge in [-0.15, -0.1) is 0 Å². The lowest BCUT2D eigenvalue weighted by Crippen LogP contribution is -2.35. The van der Waals surface area contributed by atoms with E-state index in [1.54, 1.807) is 0 Å². The molecule has 0 bridgehead atoms. The molecular weight excluding hydrogens is 234 g/mol. The van der Waals surface area contributed by atoms with Crippen molar-refractivity contribution in [1.29, 1.82) is 0 Å². The molecule has 0 atom stereocenters. The van der Waals surface area contributed by atoms with E-state index in [1.165, 1.54) is 0 Å². The molecule has 0 fully saturated rings. The maximum absolute atomic E-state index is 9.42. The molecule has 0 saturated carbocycles. The average molecular weight is 256 g/mol. The number of rotatable bonds is 5. The molecule has 0 spiro atoms. The van der Waals surface area contributed by atoms with E-state index in [4.69, 9.17) is 11.6 Å². The van der Waals surface area contributed by atoms with Crippen molar-refractivity contribution in [2.75, 3.05) is 11.4 Å². The van der Waals surface area contributed by atoms with Gasteiger partial charge in [0.1, 0.15) is 0 Å². The highest BCUT2D eigenvalue weighted by Gasteiger charge is 2.18. The fraction of sp³-hybridized carbons (Fsp3) is 0.571. The molecule has 1 aromatic carbocycles. The van der Waals surface area contributed by atoms with Gasteiger partial charge >= 0.3 is 0 Å². The van der Waals surface area contributed by atoms with Crippen molar-refractivity contribution < 1.29 is 5.11 Å². The number of hydrogen-bond acceptors (Lipinski definition) is 2. The van der Waals surface area contributed by atoms with Crippen molar-refractivity contribution in [2.45, 2.75) is 40.3 Å². The third kappa shape index (κ3) is 3.62. The zero-order chi connectivity index (χ0) is 13.0. The zero-order valence-electron chi connectivity index (χ0n) is 11.1. The van der Waals surface area contributed by atoms with Gasteiger partial charge in [-0.05, 0) is 25.8 Å². The first-order valence-corrected chi connectivity index (χ1v) is 6.50. The number of para-hydroxylation sites is 1. The summed E-state index contributed by atoms with van der Waals surface area (Å²) in [5.74, 6) is 0.556. The van der Waals surface area contributed by atoms with Crippen LogP contribution in [0.3, 0.4) is 0 Å². The van der Waals surface area contributed by atoms with Crippen LogP contribution in [0.15, 0.2) is 18.2 Å². The third-order valence-corrected chi connectivity index (χ3v) is 3.02. The van der Waals surface area contributed by atoms with Crippen LogP contribution in [0.4, 0.5) is 5.69 Å². The van der Waals surface area contributed by atoms with Crippen LogP contribution in [0.5, 0.6) is 0 Å². The molecule has 0 unspecified atom stereocenters. The first kappa shape index (κ1) is 14.3. The second-order valence-electron chi connectivity index (χ2n) is 5.05. The molecule has 1 rings (SSSR count). The number of halogens is 1. The highest BCUT2D eigenvalue weighted by Crippen LogP contribution is 2.32. The minimum atomic E-state index is 0.0250. The van der Waals surface area contributed by atoms with Crippen LogP contribution < -0.4 is 4.90 Å². The van der Waals surface area contributed by atoms with Crippen LogP contribution in [-0.4, -0.2) is 17.7 Å². The van der Waals surface area contributed by atoms with Gasteiger partial charge in [-0.3, -0.25) is 0 Å². The third-order valence-electron chi connectivity index (χ3n) is 2.71. The van der Waals surface area contributed by atoms with Gasteiger partial charge in [-0.1, -0.05) is 37.6 Å². The molecule has 0 aromatic heterocycles. The minimum absolute atomic E-state index is 0.0250. The maximum Gasteiger partial charge on any atom is 0.0702 e. The van der Waals surface area contributed by atoms with E-state index in [2.05, 4.69) is 32.6 Å². The van der Waals surface area contributed by atoms with Gasteiger partial charge in [-0.2, -0.15) is 0 Å². The molecule has 0 amide bonds. The largest absolute Gasteiger partial charge is 0.392 e. The summed E-state index contributed by atoms with van der Waals surface area (Å²) in [7, 11) is 0. The van der Waals surface area contributed by atoms with E-state index in [0.29, 0.717) is 17.0 Å². The summed E-state index contributed by atoms with van der Waals surface area (Å²) in [6.45, 7) is 9.63. The summed E-state index contributed by atoms with van der Waals surface area (Å²) in [5, 5.41) is 10.1. The molecule has 1 aromatic rings. The summed E-state index contributed by atoms with van der Waals surface area (Å²) < 4.78 is 0. The van der Waals surface area contributed by atoms with Crippen molar-refractivity contribution in [3.05, 3.63) is 28.8 Å². The second kappa shape index (κ2) is 6.27. The van der Waals surface area contributed by atoms with Crippen molar-refractivity contribution >= 4 is 17.3 Å². The number of nitrogens with zero attached hydrogens (tertiary/aromatic N) is 1. The topological polar surface area (TPSA) is 23.5 Å². The lowest BCUT2D eigenvalue weighted by molar-refractivity contribution is 0.281. The van der Waals surface area contributed by atoms with Gasteiger partial charge in [0, 0.05) is 18.2 Å². The highest BCUT2D eigenvalue weighted by molar-refractivity contribution is 6.33. The summed E-state index contributed by atoms with van der Waals surface area (Å²) in [6.07, 6.45) is 0. The number of hydrogen-bond donors (Lipinski definition) is 1. The normalized spacial score (nSPS) is 11.3. The lowest BCUT2D eigenvalue weighted by Gasteiger charge is -2.33. The van der Waals surface area contributed by atoms with E-state index in [9.17, 15) is 5.11 Å². The van der Waals surface area contributed by atoms with Crippen molar-refractivity contribution in [3.63, 3.8) is 0 Å². The quantitative estimate of drug-likeness (QED) is 0.867. The monoisotopic (exact) mass is 255 g/mol. The molecule has 1 N–H and O–H groups in total. The van der Waals surface area contributed by atoms with Gasteiger partial charge in [-0.25, -0.2) is 0 Å². The Labute approximate surface area is 109 Å². The van der Waals surface area contributed by atoms with Crippen molar-refractivity contribution in [3.8, 4) is 0 Å². The Hall–Kier alpha value is -0.730. The van der Waals surface area contributed by atoms with Crippen LogP contribution in [0.25, 0.3) is 0 Å². The SMILES string of the molecule is CC(C)CN(c1c(Cl)cccc1CO)C(C)C. The predicted molar refractivity (Wildman–Crippen MR) is 74.7 cm³/mol. The van der Waals surface area contributed by atoms with E-state index < -0.39 is 0 Å². The number of aliphatic hydroxyl groups excluding tert-OH is 1. The van der Waals surface area contributed by atoms with Crippen LogP contribution in [0.1, 0.15) is 33.3 Å².